The van der Waals surface area contributed by atoms with Gasteiger partial charge in [0, 0.05) is 5.02 Å². The van der Waals surface area contributed by atoms with Crippen LogP contribution in [0, 0.1) is 18.3 Å². The summed E-state index contributed by atoms with van der Waals surface area (Å²) in [5.74, 6) is 1.14. The van der Waals surface area contributed by atoms with Gasteiger partial charge >= 0.3 is 0 Å². The number of nitrogen functional groups attached to an aromatic ring is 1. The van der Waals surface area contributed by atoms with E-state index in [2.05, 4.69) is 0 Å². The second-order valence-corrected chi connectivity index (χ2v) is 4.28. The first-order chi connectivity index (χ1) is 8.61. The number of hydrogen-bond donors (Lipinski definition) is 1. The molecule has 0 bridgehead atoms. The van der Waals surface area contributed by atoms with Crippen LogP contribution in [-0.4, -0.2) is 0 Å². The van der Waals surface area contributed by atoms with E-state index in [-0.39, 0.29) is 0 Å². The predicted octanol–water partition coefficient (Wildman–Crippen LogP) is 3.89. The number of para-hydroxylation sites is 1. The fourth-order valence-corrected chi connectivity index (χ4v) is 1.80. The molecule has 0 radical (unpaired) electrons. The van der Waals surface area contributed by atoms with Gasteiger partial charge in [-0.05, 0) is 42.8 Å². The number of nitriles is 1. The van der Waals surface area contributed by atoms with Crippen molar-refractivity contribution >= 4 is 17.3 Å². The van der Waals surface area contributed by atoms with E-state index >= 15 is 0 Å². The SMILES string of the molecule is Cc1cc(Cl)ccc1Oc1cccc(C#N)c1N. The molecule has 0 amide bonds. The molecule has 0 aliphatic rings. The third-order valence-corrected chi connectivity index (χ3v) is 2.78. The van der Waals surface area contributed by atoms with Gasteiger partial charge in [-0.1, -0.05) is 17.7 Å². The summed E-state index contributed by atoms with van der Waals surface area (Å²) in [6.45, 7) is 1.89. The zero-order valence-electron chi connectivity index (χ0n) is 9.77. The van der Waals surface area contributed by atoms with E-state index in [0.29, 0.717) is 27.8 Å². The molecule has 0 spiro atoms. The molecular formula is C14H11ClN2O. The van der Waals surface area contributed by atoms with E-state index in [1.807, 2.05) is 13.0 Å². The molecule has 0 aliphatic heterocycles. The summed E-state index contributed by atoms with van der Waals surface area (Å²) in [5.41, 5.74) is 7.50. The largest absolute Gasteiger partial charge is 0.455 e. The molecule has 0 fully saturated rings. The van der Waals surface area contributed by atoms with E-state index in [4.69, 9.17) is 27.3 Å². The lowest BCUT2D eigenvalue weighted by Gasteiger charge is -2.11. The Bertz CT molecular complexity index is 632. The van der Waals surface area contributed by atoms with E-state index in [1.54, 1.807) is 36.4 Å². The number of halogens is 1. The maximum Gasteiger partial charge on any atom is 0.151 e. The molecule has 18 heavy (non-hydrogen) atoms. The fraction of sp³-hybridized carbons (Fsp3) is 0.0714. The molecule has 2 aromatic rings. The van der Waals surface area contributed by atoms with Crippen LogP contribution in [0.2, 0.25) is 5.02 Å². The Labute approximate surface area is 110 Å². The third-order valence-electron chi connectivity index (χ3n) is 2.54. The highest BCUT2D eigenvalue weighted by molar-refractivity contribution is 6.30. The van der Waals surface area contributed by atoms with Gasteiger partial charge in [-0.25, -0.2) is 0 Å². The van der Waals surface area contributed by atoms with Crippen LogP contribution in [0.5, 0.6) is 11.5 Å². The molecule has 0 saturated carbocycles. The zero-order valence-corrected chi connectivity index (χ0v) is 10.5. The van der Waals surface area contributed by atoms with Crippen molar-refractivity contribution in [1.82, 2.24) is 0 Å². The Kier molecular flexibility index (Phi) is 3.40. The number of aryl methyl sites for hydroxylation is 1. The van der Waals surface area contributed by atoms with Crippen molar-refractivity contribution < 1.29 is 4.74 Å². The van der Waals surface area contributed by atoms with Gasteiger partial charge in [0.2, 0.25) is 0 Å². The average molecular weight is 259 g/mol. The maximum absolute atomic E-state index is 8.90. The fourth-order valence-electron chi connectivity index (χ4n) is 1.58. The van der Waals surface area contributed by atoms with Crippen LogP contribution >= 0.6 is 11.6 Å². The summed E-state index contributed by atoms with van der Waals surface area (Å²) >= 11 is 5.88. The van der Waals surface area contributed by atoms with Gasteiger partial charge in [-0.3, -0.25) is 0 Å². The quantitative estimate of drug-likeness (QED) is 0.831. The highest BCUT2D eigenvalue weighted by Crippen LogP contribution is 2.32. The molecule has 0 unspecified atom stereocenters. The summed E-state index contributed by atoms with van der Waals surface area (Å²) in [6, 6.07) is 12.5. The number of anilines is 1. The molecule has 0 atom stereocenters. The van der Waals surface area contributed by atoms with Crippen LogP contribution in [0.25, 0.3) is 0 Å². The molecule has 0 aromatic heterocycles. The molecule has 2 rings (SSSR count). The van der Waals surface area contributed by atoms with Gasteiger partial charge in [-0.15, -0.1) is 0 Å². The van der Waals surface area contributed by atoms with Crippen LogP contribution in [-0.2, 0) is 0 Å². The monoisotopic (exact) mass is 258 g/mol. The maximum atomic E-state index is 8.90. The normalized spacial score (nSPS) is 9.83. The first kappa shape index (κ1) is 12.3. The van der Waals surface area contributed by atoms with Crippen LogP contribution in [0.1, 0.15) is 11.1 Å². The Morgan fingerprint density at radius 2 is 2.00 bits per heavy atom. The van der Waals surface area contributed by atoms with Crippen molar-refractivity contribution in [3.63, 3.8) is 0 Å². The molecule has 3 nitrogen and oxygen atoms in total. The minimum atomic E-state index is 0.342. The van der Waals surface area contributed by atoms with Gasteiger partial charge in [0.15, 0.2) is 5.75 Å². The van der Waals surface area contributed by atoms with Crippen molar-refractivity contribution in [2.45, 2.75) is 6.92 Å². The van der Waals surface area contributed by atoms with E-state index < -0.39 is 0 Å². The lowest BCUT2D eigenvalue weighted by molar-refractivity contribution is 0.481. The zero-order chi connectivity index (χ0) is 13.1. The smallest absolute Gasteiger partial charge is 0.151 e. The topological polar surface area (TPSA) is 59.0 Å². The molecule has 4 heteroatoms. The molecule has 0 saturated heterocycles. The van der Waals surface area contributed by atoms with Gasteiger partial charge in [-0.2, -0.15) is 5.26 Å². The highest BCUT2D eigenvalue weighted by atomic mass is 35.5. The van der Waals surface area contributed by atoms with E-state index in [0.717, 1.165) is 5.56 Å². The number of hydrogen-bond acceptors (Lipinski definition) is 3. The van der Waals surface area contributed by atoms with Crippen molar-refractivity contribution in [3.8, 4) is 17.6 Å². The summed E-state index contributed by atoms with van der Waals surface area (Å²) in [4.78, 5) is 0. The van der Waals surface area contributed by atoms with Crippen LogP contribution in [0.15, 0.2) is 36.4 Å². The number of benzene rings is 2. The molecular weight excluding hydrogens is 248 g/mol. The molecule has 2 N–H and O–H groups in total. The number of nitrogens with zero attached hydrogens (tertiary/aromatic N) is 1. The van der Waals surface area contributed by atoms with Crippen molar-refractivity contribution in [2.75, 3.05) is 5.73 Å². The third kappa shape index (κ3) is 2.39. The minimum absolute atomic E-state index is 0.342. The van der Waals surface area contributed by atoms with Crippen LogP contribution in [0.3, 0.4) is 0 Å². The Hall–Kier alpha value is -2.18. The Balaban J connectivity index is 2.38. The molecule has 90 valence electrons. The lowest BCUT2D eigenvalue weighted by Crippen LogP contribution is -1.96. The summed E-state index contributed by atoms with van der Waals surface area (Å²) in [6.07, 6.45) is 0. The first-order valence-electron chi connectivity index (χ1n) is 5.34. The molecule has 2 aromatic carbocycles. The van der Waals surface area contributed by atoms with Gasteiger partial charge in [0.1, 0.15) is 11.8 Å². The van der Waals surface area contributed by atoms with Crippen molar-refractivity contribution in [3.05, 3.63) is 52.5 Å². The van der Waals surface area contributed by atoms with Gasteiger partial charge in [0.25, 0.3) is 0 Å². The highest BCUT2D eigenvalue weighted by Gasteiger charge is 2.08. The summed E-state index contributed by atoms with van der Waals surface area (Å²) in [5, 5.41) is 9.55. The summed E-state index contributed by atoms with van der Waals surface area (Å²) in [7, 11) is 0. The number of nitrogens with two attached hydrogens (primary N) is 1. The minimum Gasteiger partial charge on any atom is -0.455 e. The Morgan fingerprint density at radius 3 is 2.67 bits per heavy atom. The van der Waals surface area contributed by atoms with Crippen molar-refractivity contribution in [1.29, 1.82) is 5.26 Å². The number of ether oxygens (including phenoxy) is 1. The van der Waals surface area contributed by atoms with Crippen LogP contribution in [0.4, 0.5) is 5.69 Å². The molecule has 0 heterocycles. The number of rotatable bonds is 2. The molecule has 0 aliphatic carbocycles. The Morgan fingerprint density at radius 1 is 1.22 bits per heavy atom. The second-order valence-electron chi connectivity index (χ2n) is 3.84. The average Bonchev–Trinajstić information content (AvgIpc) is 2.35. The summed E-state index contributed by atoms with van der Waals surface area (Å²) < 4.78 is 5.70. The van der Waals surface area contributed by atoms with E-state index in [1.165, 1.54) is 0 Å². The predicted molar refractivity (Wildman–Crippen MR) is 71.8 cm³/mol. The lowest BCUT2D eigenvalue weighted by atomic mass is 10.2. The van der Waals surface area contributed by atoms with Gasteiger partial charge in [0.05, 0.1) is 11.3 Å². The van der Waals surface area contributed by atoms with Crippen molar-refractivity contribution in [2.24, 2.45) is 0 Å². The second kappa shape index (κ2) is 4.99. The van der Waals surface area contributed by atoms with E-state index in [9.17, 15) is 0 Å². The standard InChI is InChI=1S/C14H11ClN2O/c1-9-7-11(15)5-6-12(9)18-13-4-2-3-10(8-16)14(13)17/h2-7H,17H2,1H3. The van der Waals surface area contributed by atoms with Gasteiger partial charge < -0.3 is 10.5 Å². The first-order valence-corrected chi connectivity index (χ1v) is 5.72. The van der Waals surface area contributed by atoms with Crippen LogP contribution < -0.4 is 10.5 Å².